The summed E-state index contributed by atoms with van der Waals surface area (Å²) in [4.78, 5) is 27.5. The SMILES string of the molecule is CCN(CC)c1ccc2cc(C(=O)c3occ4ccccc34)c(=O)oc2c1. The molecule has 5 heteroatoms. The van der Waals surface area contributed by atoms with E-state index in [4.69, 9.17) is 8.83 Å². The molecule has 2 aromatic heterocycles. The van der Waals surface area contributed by atoms with E-state index in [1.54, 1.807) is 12.1 Å². The number of anilines is 1. The molecule has 0 aliphatic rings. The van der Waals surface area contributed by atoms with E-state index >= 15 is 0 Å². The van der Waals surface area contributed by atoms with E-state index in [0.29, 0.717) is 16.4 Å². The molecule has 2 heterocycles. The van der Waals surface area contributed by atoms with Crippen LogP contribution in [0.3, 0.4) is 0 Å². The lowest BCUT2D eigenvalue weighted by Crippen LogP contribution is -2.21. The highest BCUT2D eigenvalue weighted by atomic mass is 16.4. The van der Waals surface area contributed by atoms with Gasteiger partial charge in [0.15, 0.2) is 5.76 Å². The number of ketones is 1. The van der Waals surface area contributed by atoms with E-state index in [1.165, 1.54) is 6.26 Å². The number of furan rings is 1. The van der Waals surface area contributed by atoms with Gasteiger partial charge in [-0.25, -0.2) is 4.79 Å². The zero-order valence-corrected chi connectivity index (χ0v) is 15.2. The van der Waals surface area contributed by atoms with Crippen molar-refractivity contribution < 1.29 is 13.6 Å². The zero-order valence-electron chi connectivity index (χ0n) is 15.2. The summed E-state index contributed by atoms with van der Waals surface area (Å²) in [7, 11) is 0. The first-order valence-corrected chi connectivity index (χ1v) is 8.96. The Morgan fingerprint density at radius 2 is 1.78 bits per heavy atom. The molecule has 0 fully saturated rings. The fourth-order valence-electron chi connectivity index (χ4n) is 3.33. The Balaban J connectivity index is 1.80. The van der Waals surface area contributed by atoms with Gasteiger partial charge in [-0.1, -0.05) is 24.3 Å². The Bertz CT molecular complexity index is 1200. The van der Waals surface area contributed by atoms with Gasteiger partial charge in [-0.2, -0.15) is 0 Å². The van der Waals surface area contributed by atoms with Crippen LogP contribution < -0.4 is 10.5 Å². The molecule has 0 aliphatic heterocycles. The topological polar surface area (TPSA) is 63.7 Å². The molecule has 0 spiro atoms. The van der Waals surface area contributed by atoms with Crippen LogP contribution in [0.1, 0.15) is 30.0 Å². The van der Waals surface area contributed by atoms with E-state index in [-0.39, 0.29) is 11.3 Å². The molecule has 27 heavy (non-hydrogen) atoms. The number of benzene rings is 2. The molecule has 4 aromatic rings. The van der Waals surface area contributed by atoms with Gasteiger partial charge in [-0.15, -0.1) is 0 Å². The van der Waals surface area contributed by atoms with E-state index in [2.05, 4.69) is 18.7 Å². The van der Waals surface area contributed by atoms with Crippen LogP contribution in [-0.4, -0.2) is 18.9 Å². The lowest BCUT2D eigenvalue weighted by atomic mass is 10.1. The molecule has 0 radical (unpaired) electrons. The highest BCUT2D eigenvalue weighted by Gasteiger charge is 2.21. The van der Waals surface area contributed by atoms with Crippen molar-refractivity contribution in [1.82, 2.24) is 0 Å². The second-order valence-corrected chi connectivity index (χ2v) is 6.32. The Labute approximate surface area is 155 Å². The average molecular weight is 361 g/mol. The maximum atomic E-state index is 12.9. The highest BCUT2D eigenvalue weighted by molar-refractivity contribution is 6.15. The molecule has 0 unspecified atom stereocenters. The van der Waals surface area contributed by atoms with E-state index in [1.807, 2.05) is 36.4 Å². The van der Waals surface area contributed by atoms with Crippen LogP contribution in [0.15, 0.2) is 68.4 Å². The van der Waals surface area contributed by atoms with Crippen LogP contribution in [0, 0.1) is 0 Å². The van der Waals surface area contributed by atoms with Gasteiger partial charge in [0, 0.05) is 41.0 Å². The molecule has 0 aliphatic carbocycles. The Hall–Kier alpha value is -3.34. The highest BCUT2D eigenvalue weighted by Crippen LogP contribution is 2.25. The van der Waals surface area contributed by atoms with Crippen LogP contribution in [0.5, 0.6) is 0 Å². The third-order valence-electron chi connectivity index (χ3n) is 4.81. The number of nitrogens with zero attached hydrogens (tertiary/aromatic N) is 1. The number of rotatable bonds is 5. The second-order valence-electron chi connectivity index (χ2n) is 6.32. The van der Waals surface area contributed by atoms with Crippen LogP contribution in [-0.2, 0) is 0 Å². The van der Waals surface area contributed by atoms with Gasteiger partial charge in [0.2, 0.25) is 5.78 Å². The maximum Gasteiger partial charge on any atom is 0.347 e. The monoisotopic (exact) mass is 361 g/mol. The van der Waals surface area contributed by atoms with Crippen LogP contribution in [0.2, 0.25) is 0 Å². The summed E-state index contributed by atoms with van der Waals surface area (Å²) in [5.41, 5.74) is 0.750. The Morgan fingerprint density at radius 1 is 1.00 bits per heavy atom. The van der Waals surface area contributed by atoms with E-state index in [9.17, 15) is 9.59 Å². The first-order valence-electron chi connectivity index (χ1n) is 8.96. The minimum absolute atomic E-state index is 0.0295. The molecule has 0 bridgehead atoms. The van der Waals surface area contributed by atoms with Gasteiger partial charge < -0.3 is 13.7 Å². The molecule has 2 aromatic carbocycles. The van der Waals surface area contributed by atoms with Crippen molar-refractivity contribution in [2.75, 3.05) is 18.0 Å². The molecule has 4 rings (SSSR count). The first kappa shape index (κ1) is 17.1. The number of hydrogen-bond acceptors (Lipinski definition) is 5. The fraction of sp³-hybridized carbons (Fsp3) is 0.182. The smallest absolute Gasteiger partial charge is 0.347 e. The van der Waals surface area contributed by atoms with E-state index < -0.39 is 11.4 Å². The standard InChI is InChI=1S/C22H19NO4/c1-3-23(4-2)16-10-9-14-11-18(22(25)27-19(14)12-16)20(24)21-17-8-6-5-7-15(17)13-26-21/h5-13H,3-4H2,1-2H3. The zero-order chi connectivity index (χ0) is 19.0. The van der Waals surface area contributed by atoms with Crippen molar-refractivity contribution in [1.29, 1.82) is 0 Å². The van der Waals surface area contributed by atoms with Gasteiger partial charge in [0.05, 0.1) is 6.26 Å². The van der Waals surface area contributed by atoms with Crippen LogP contribution >= 0.6 is 0 Å². The largest absolute Gasteiger partial charge is 0.460 e. The van der Waals surface area contributed by atoms with Gasteiger partial charge >= 0.3 is 5.63 Å². The van der Waals surface area contributed by atoms with Crippen molar-refractivity contribution in [2.45, 2.75) is 13.8 Å². The minimum atomic E-state index is -0.662. The quantitative estimate of drug-likeness (QED) is 0.383. The predicted molar refractivity (Wildman–Crippen MR) is 106 cm³/mol. The molecular formula is C22H19NO4. The van der Waals surface area contributed by atoms with E-state index in [0.717, 1.165) is 24.2 Å². The van der Waals surface area contributed by atoms with Gasteiger partial charge in [-0.05, 0) is 32.0 Å². The van der Waals surface area contributed by atoms with Crippen molar-refractivity contribution >= 4 is 33.2 Å². The summed E-state index contributed by atoms with van der Waals surface area (Å²) in [6.07, 6.45) is 1.52. The average Bonchev–Trinajstić information content (AvgIpc) is 3.12. The minimum Gasteiger partial charge on any atom is -0.460 e. The molecule has 5 nitrogen and oxygen atoms in total. The van der Waals surface area contributed by atoms with Gasteiger partial charge in [0.1, 0.15) is 11.1 Å². The van der Waals surface area contributed by atoms with Crippen LogP contribution in [0.25, 0.3) is 21.7 Å². The molecule has 0 saturated heterocycles. The molecule has 0 amide bonds. The third kappa shape index (κ3) is 2.91. The molecule has 0 N–H and O–H groups in total. The Morgan fingerprint density at radius 3 is 2.56 bits per heavy atom. The molecule has 136 valence electrons. The summed E-state index contributed by atoms with van der Waals surface area (Å²) in [5, 5.41) is 2.19. The molecule has 0 saturated carbocycles. The van der Waals surface area contributed by atoms with Crippen molar-refractivity contribution in [3.8, 4) is 0 Å². The van der Waals surface area contributed by atoms with Crippen LogP contribution in [0.4, 0.5) is 5.69 Å². The van der Waals surface area contributed by atoms with Crippen molar-refractivity contribution in [2.24, 2.45) is 0 Å². The normalized spacial score (nSPS) is 11.2. The number of carbonyl (C=O) groups excluding carboxylic acids is 1. The number of fused-ring (bicyclic) bond motifs is 2. The van der Waals surface area contributed by atoms with Gasteiger partial charge in [-0.3, -0.25) is 4.79 Å². The first-order chi connectivity index (χ1) is 13.1. The van der Waals surface area contributed by atoms with Gasteiger partial charge in [0.25, 0.3) is 0 Å². The molecule has 0 atom stereocenters. The third-order valence-corrected chi connectivity index (χ3v) is 4.81. The second kappa shape index (κ2) is 6.76. The predicted octanol–water partition coefficient (Wildman–Crippen LogP) is 4.62. The summed E-state index contributed by atoms with van der Waals surface area (Å²) in [5.74, 6) is -0.323. The summed E-state index contributed by atoms with van der Waals surface area (Å²) >= 11 is 0. The van der Waals surface area contributed by atoms with Crippen molar-refractivity contribution in [3.63, 3.8) is 0 Å². The number of carbonyl (C=O) groups is 1. The fourth-order valence-corrected chi connectivity index (χ4v) is 3.33. The lowest BCUT2D eigenvalue weighted by Gasteiger charge is -2.20. The molecular weight excluding hydrogens is 342 g/mol. The lowest BCUT2D eigenvalue weighted by molar-refractivity contribution is 0.101. The summed E-state index contributed by atoms with van der Waals surface area (Å²) in [6, 6.07) is 14.6. The summed E-state index contributed by atoms with van der Waals surface area (Å²) in [6.45, 7) is 5.85. The Kier molecular flexibility index (Phi) is 4.28. The summed E-state index contributed by atoms with van der Waals surface area (Å²) < 4.78 is 10.9. The van der Waals surface area contributed by atoms with Crippen molar-refractivity contribution in [3.05, 3.63) is 76.5 Å². The maximum absolute atomic E-state index is 12.9. The number of hydrogen-bond donors (Lipinski definition) is 0.